The monoisotopic (exact) mass is 390 g/mol. The van der Waals surface area contributed by atoms with Gasteiger partial charge in [0.15, 0.2) is 0 Å². The van der Waals surface area contributed by atoms with Crippen LogP contribution >= 0.6 is 23.2 Å². The van der Waals surface area contributed by atoms with Gasteiger partial charge < -0.3 is 0 Å². The van der Waals surface area contributed by atoms with Crippen molar-refractivity contribution in [3.05, 3.63) is 58.7 Å². The molecule has 2 rings (SSSR count). The molecule has 26 heavy (non-hydrogen) atoms. The van der Waals surface area contributed by atoms with Gasteiger partial charge in [-0.1, -0.05) is 53.7 Å². The molecule has 0 aliphatic heterocycles. The molecule has 0 saturated heterocycles. The summed E-state index contributed by atoms with van der Waals surface area (Å²) in [5, 5.41) is -0.942. The van der Waals surface area contributed by atoms with Crippen molar-refractivity contribution < 1.29 is 9.59 Å². The smallest absolute Gasteiger partial charge is 0.252 e. The van der Waals surface area contributed by atoms with E-state index in [4.69, 9.17) is 23.2 Å². The summed E-state index contributed by atoms with van der Waals surface area (Å²) in [6.07, 6.45) is 0. The van der Waals surface area contributed by atoms with E-state index in [1.807, 2.05) is 24.3 Å². The van der Waals surface area contributed by atoms with E-state index in [1.54, 1.807) is 12.1 Å². The summed E-state index contributed by atoms with van der Waals surface area (Å²) in [5.41, 5.74) is 4.69. The molecule has 0 aromatic heterocycles. The first kappa shape index (κ1) is 20.7. The molecular weight excluding hydrogens is 367 g/mol. The third-order valence-corrected chi connectivity index (χ3v) is 4.84. The largest absolute Gasteiger partial charge is 0.276 e. The molecule has 0 bridgehead atoms. The van der Waals surface area contributed by atoms with Crippen LogP contribution in [0.2, 0.25) is 0 Å². The maximum absolute atomic E-state index is 11.6. The number of halogens is 2. The molecule has 0 amide bonds. The van der Waals surface area contributed by atoms with E-state index in [2.05, 4.69) is 41.5 Å². The van der Waals surface area contributed by atoms with Crippen LogP contribution in [-0.2, 0) is 10.8 Å². The van der Waals surface area contributed by atoms with Crippen LogP contribution in [0, 0.1) is 0 Å². The van der Waals surface area contributed by atoms with Gasteiger partial charge in [0.1, 0.15) is 0 Å². The van der Waals surface area contributed by atoms with Gasteiger partial charge in [-0.2, -0.15) is 0 Å². The van der Waals surface area contributed by atoms with Crippen LogP contribution in [-0.4, -0.2) is 10.5 Å². The Morgan fingerprint density at radius 2 is 0.962 bits per heavy atom. The Balaban J connectivity index is 2.83. The van der Waals surface area contributed by atoms with Crippen LogP contribution in [0.15, 0.2) is 36.4 Å². The van der Waals surface area contributed by atoms with Crippen molar-refractivity contribution in [1.82, 2.24) is 0 Å². The topological polar surface area (TPSA) is 34.1 Å². The Kier molecular flexibility index (Phi) is 5.70. The molecule has 0 fully saturated rings. The van der Waals surface area contributed by atoms with Crippen molar-refractivity contribution in [3.8, 4) is 11.1 Å². The third kappa shape index (κ3) is 4.36. The predicted molar refractivity (Wildman–Crippen MR) is 110 cm³/mol. The molecule has 0 aliphatic carbocycles. The Hall–Kier alpha value is -1.64. The lowest BCUT2D eigenvalue weighted by atomic mass is 9.76. The fourth-order valence-corrected chi connectivity index (χ4v) is 3.28. The quantitative estimate of drug-likeness (QED) is 0.545. The van der Waals surface area contributed by atoms with E-state index in [0.717, 1.165) is 22.3 Å². The second-order valence-corrected chi connectivity index (χ2v) is 9.25. The summed E-state index contributed by atoms with van der Waals surface area (Å²) >= 11 is 11.4. The van der Waals surface area contributed by atoms with Crippen LogP contribution in [0.1, 0.15) is 73.4 Å². The molecule has 2 aromatic rings. The first-order valence-corrected chi connectivity index (χ1v) is 9.27. The van der Waals surface area contributed by atoms with Gasteiger partial charge in [-0.3, -0.25) is 9.59 Å². The minimum Gasteiger partial charge on any atom is -0.276 e. The number of benzene rings is 2. The number of rotatable bonds is 3. The standard InChI is InChI=1S/C22H24Cl2O2/c1-21(2,3)17-11-13(19(23)25)7-9-15(17)16-10-8-14(20(24)26)12-18(16)22(4,5)6/h7-12H,1-6H3. The molecule has 0 heterocycles. The molecule has 0 saturated carbocycles. The van der Waals surface area contributed by atoms with Crippen LogP contribution in [0.4, 0.5) is 0 Å². The van der Waals surface area contributed by atoms with Gasteiger partial charge in [-0.05, 0) is 80.6 Å². The molecule has 0 aliphatic rings. The Morgan fingerprint density at radius 1 is 0.654 bits per heavy atom. The molecule has 2 aromatic carbocycles. The third-order valence-electron chi connectivity index (χ3n) is 4.40. The highest BCUT2D eigenvalue weighted by Gasteiger charge is 2.25. The highest BCUT2D eigenvalue weighted by atomic mass is 35.5. The van der Waals surface area contributed by atoms with Crippen molar-refractivity contribution in [2.45, 2.75) is 52.4 Å². The lowest BCUT2D eigenvalue weighted by Gasteiger charge is -2.28. The van der Waals surface area contributed by atoms with Gasteiger partial charge in [0.05, 0.1) is 0 Å². The highest BCUT2D eigenvalue weighted by molar-refractivity contribution is 6.68. The summed E-state index contributed by atoms with van der Waals surface area (Å²) in [7, 11) is 0. The van der Waals surface area contributed by atoms with Crippen molar-refractivity contribution >= 4 is 33.7 Å². The second-order valence-electron chi connectivity index (χ2n) is 8.57. The van der Waals surface area contributed by atoms with E-state index in [1.165, 1.54) is 0 Å². The molecule has 0 N–H and O–H groups in total. The van der Waals surface area contributed by atoms with Gasteiger partial charge in [-0.15, -0.1) is 0 Å². The maximum Gasteiger partial charge on any atom is 0.252 e. The molecule has 138 valence electrons. The zero-order chi connectivity index (χ0) is 19.9. The fraction of sp³-hybridized carbons (Fsp3) is 0.364. The number of carbonyl (C=O) groups is 2. The van der Waals surface area contributed by atoms with Crippen molar-refractivity contribution in [1.29, 1.82) is 0 Å². The van der Waals surface area contributed by atoms with E-state index >= 15 is 0 Å². The average Bonchev–Trinajstić information content (AvgIpc) is 2.52. The first-order chi connectivity index (χ1) is 11.8. The van der Waals surface area contributed by atoms with Crippen LogP contribution in [0.5, 0.6) is 0 Å². The zero-order valence-corrected chi connectivity index (χ0v) is 17.5. The summed E-state index contributed by atoms with van der Waals surface area (Å²) in [6, 6.07) is 11.1. The van der Waals surface area contributed by atoms with E-state index < -0.39 is 10.5 Å². The van der Waals surface area contributed by atoms with E-state index in [0.29, 0.717) is 11.1 Å². The van der Waals surface area contributed by atoms with Crippen LogP contribution < -0.4 is 0 Å². The molecule has 0 spiro atoms. The van der Waals surface area contributed by atoms with E-state index in [-0.39, 0.29) is 10.8 Å². The molecular formula is C22H24Cl2O2. The molecule has 2 nitrogen and oxygen atoms in total. The van der Waals surface area contributed by atoms with Gasteiger partial charge in [-0.25, -0.2) is 0 Å². The minimum absolute atomic E-state index is 0.187. The summed E-state index contributed by atoms with van der Waals surface area (Å²) in [4.78, 5) is 23.3. The number of carbonyl (C=O) groups excluding carboxylic acids is 2. The van der Waals surface area contributed by atoms with Gasteiger partial charge >= 0.3 is 0 Å². The maximum atomic E-state index is 11.6. The summed E-state index contributed by atoms with van der Waals surface area (Å²) in [6.45, 7) is 12.6. The normalized spacial score (nSPS) is 12.2. The van der Waals surface area contributed by atoms with Gasteiger partial charge in [0.2, 0.25) is 0 Å². The summed E-state index contributed by atoms with van der Waals surface area (Å²) < 4.78 is 0. The highest BCUT2D eigenvalue weighted by Crippen LogP contribution is 2.39. The van der Waals surface area contributed by atoms with Crippen molar-refractivity contribution in [2.75, 3.05) is 0 Å². The van der Waals surface area contributed by atoms with Crippen LogP contribution in [0.25, 0.3) is 11.1 Å². The SMILES string of the molecule is CC(C)(C)c1cc(C(=O)Cl)ccc1-c1ccc(C(=O)Cl)cc1C(C)(C)C. The lowest BCUT2D eigenvalue weighted by molar-refractivity contribution is 0.107. The number of hydrogen-bond donors (Lipinski definition) is 0. The molecule has 0 unspecified atom stereocenters. The predicted octanol–water partition coefficient (Wildman–Crippen LogP) is 6.71. The van der Waals surface area contributed by atoms with Crippen LogP contribution in [0.3, 0.4) is 0 Å². The fourth-order valence-electron chi connectivity index (χ4n) is 3.04. The van der Waals surface area contributed by atoms with Crippen molar-refractivity contribution in [3.63, 3.8) is 0 Å². The Bertz CT molecular complexity index is 795. The lowest BCUT2D eigenvalue weighted by Crippen LogP contribution is -2.17. The minimum atomic E-state index is -0.471. The van der Waals surface area contributed by atoms with Gasteiger partial charge in [0, 0.05) is 11.1 Å². The van der Waals surface area contributed by atoms with Crippen molar-refractivity contribution in [2.24, 2.45) is 0 Å². The second kappa shape index (κ2) is 7.17. The zero-order valence-electron chi connectivity index (χ0n) is 16.0. The first-order valence-electron chi connectivity index (χ1n) is 8.51. The number of hydrogen-bond acceptors (Lipinski definition) is 2. The molecule has 4 heteroatoms. The molecule has 0 radical (unpaired) electrons. The molecule has 0 atom stereocenters. The Labute approximate surface area is 165 Å². The van der Waals surface area contributed by atoms with E-state index in [9.17, 15) is 9.59 Å². The van der Waals surface area contributed by atoms with Gasteiger partial charge in [0.25, 0.3) is 10.5 Å². The Morgan fingerprint density at radius 3 is 1.19 bits per heavy atom. The summed E-state index contributed by atoms with van der Waals surface area (Å²) in [5.74, 6) is 0. The average molecular weight is 391 g/mol.